The van der Waals surface area contributed by atoms with Crippen LogP contribution in [0, 0.1) is 20.2 Å². The number of benzene rings is 1. The highest BCUT2D eigenvalue weighted by atomic mass is 19.1. The Morgan fingerprint density at radius 3 is 2.47 bits per heavy atom. The highest BCUT2D eigenvalue weighted by molar-refractivity contribution is 5.65. The molecular formula is C9H10FN3O4. The van der Waals surface area contributed by atoms with Gasteiger partial charge in [0.2, 0.25) is 0 Å². The molecule has 8 heteroatoms. The first-order valence-electron chi connectivity index (χ1n) is 4.72. The first-order chi connectivity index (χ1) is 7.91. The Hall–Kier alpha value is -2.25. The zero-order valence-corrected chi connectivity index (χ0v) is 8.92. The Bertz CT molecular complexity index is 450. The number of hydrogen-bond donors (Lipinski definition) is 1. The van der Waals surface area contributed by atoms with Crippen molar-refractivity contribution < 1.29 is 14.2 Å². The zero-order chi connectivity index (χ0) is 13.0. The van der Waals surface area contributed by atoms with Gasteiger partial charge in [0.15, 0.2) is 0 Å². The molecule has 92 valence electrons. The Morgan fingerprint density at radius 1 is 1.35 bits per heavy atom. The summed E-state index contributed by atoms with van der Waals surface area (Å²) in [6.07, 6.45) is -1.18. The predicted molar refractivity (Wildman–Crippen MR) is 58.8 cm³/mol. The second kappa shape index (κ2) is 5.19. The maximum atomic E-state index is 12.6. The van der Waals surface area contributed by atoms with E-state index in [0.29, 0.717) is 0 Å². The Kier molecular flexibility index (Phi) is 3.91. The average Bonchev–Trinajstić information content (AvgIpc) is 2.25. The normalized spacial score (nSPS) is 11.9. The van der Waals surface area contributed by atoms with Crippen LogP contribution in [0.25, 0.3) is 0 Å². The van der Waals surface area contributed by atoms with Crippen LogP contribution in [0.5, 0.6) is 0 Å². The minimum atomic E-state index is -1.18. The van der Waals surface area contributed by atoms with Gasteiger partial charge in [0.05, 0.1) is 15.9 Å². The van der Waals surface area contributed by atoms with Gasteiger partial charge in [0.25, 0.3) is 11.4 Å². The van der Waals surface area contributed by atoms with Crippen molar-refractivity contribution in [2.75, 3.05) is 11.9 Å². The van der Waals surface area contributed by atoms with Crippen LogP contribution < -0.4 is 5.32 Å². The number of non-ortho nitro benzene ring substituents is 1. The highest BCUT2D eigenvalue weighted by Crippen LogP contribution is 2.28. The van der Waals surface area contributed by atoms with E-state index in [9.17, 15) is 24.6 Å². The van der Waals surface area contributed by atoms with E-state index >= 15 is 0 Å². The van der Waals surface area contributed by atoms with Crippen molar-refractivity contribution in [3.05, 3.63) is 38.4 Å². The first-order valence-corrected chi connectivity index (χ1v) is 4.72. The monoisotopic (exact) mass is 243 g/mol. The van der Waals surface area contributed by atoms with Crippen LogP contribution in [0.3, 0.4) is 0 Å². The van der Waals surface area contributed by atoms with E-state index in [0.717, 1.165) is 12.1 Å². The van der Waals surface area contributed by atoms with Crippen LogP contribution in [0.4, 0.5) is 21.5 Å². The van der Waals surface area contributed by atoms with Crippen molar-refractivity contribution >= 4 is 17.1 Å². The average molecular weight is 243 g/mol. The molecule has 0 aliphatic carbocycles. The number of alkyl halides is 1. The van der Waals surface area contributed by atoms with E-state index in [1.165, 1.54) is 13.0 Å². The maximum Gasteiger partial charge on any atom is 0.299 e. The lowest BCUT2D eigenvalue weighted by Gasteiger charge is -2.07. The minimum Gasteiger partial charge on any atom is -0.377 e. The van der Waals surface area contributed by atoms with Gasteiger partial charge in [-0.25, -0.2) is 4.39 Å². The summed E-state index contributed by atoms with van der Waals surface area (Å²) in [5.74, 6) is 0. The third-order valence-corrected chi connectivity index (χ3v) is 1.96. The number of nitro benzene ring substituents is 2. The van der Waals surface area contributed by atoms with Gasteiger partial charge in [-0.3, -0.25) is 20.2 Å². The summed E-state index contributed by atoms with van der Waals surface area (Å²) in [5.41, 5.74) is -0.763. The summed E-state index contributed by atoms with van der Waals surface area (Å²) >= 11 is 0. The molecule has 0 spiro atoms. The molecule has 0 aliphatic rings. The van der Waals surface area contributed by atoms with Gasteiger partial charge < -0.3 is 5.32 Å². The van der Waals surface area contributed by atoms with Crippen LogP contribution in [0.2, 0.25) is 0 Å². The van der Waals surface area contributed by atoms with Crippen molar-refractivity contribution in [2.24, 2.45) is 0 Å². The number of nitrogens with one attached hydrogen (secondary N) is 1. The van der Waals surface area contributed by atoms with E-state index < -0.39 is 21.7 Å². The second-order valence-corrected chi connectivity index (χ2v) is 3.38. The maximum absolute atomic E-state index is 12.6. The number of nitrogens with zero attached hydrogens (tertiary/aromatic N) is 2. The van der Waals surface area contributed by atoms with Crippen molar-refractivity contribution in [3.8, 4) is 0 Å². The highest BCUT2D eigenvalue weighted by Gasteiger charge is 2.19. The fourth-order valence-corrected chi connectivity index (χ4v) is 1.18. The lowest BCUT2D eigenvalue weighted by Crippen LogP contribution is -2.12. The van der Waals surface area contributed by atoms with Gasteiger partial charge >= 0.3 is 0 Å². The van der Waals surface area contributed by atoms with E-state index in [2.05, 4.69) is 5.32 Å². The fourth-order valence-electron chi connectivity index (χ4n) is 1.18. The standard InChI is InChI=1S/C9H10FN3O4/c1-6(10)5-11-8-3-2-7(12(14)15)4-9(8)13(16)17/h2-4,6,11H,5H2,1H3. The summed E-state index contributed by atoms with van der Waals surface area (Å²) in [5, 5.41) is 23.7. The summed E-state index contributed by atoms with van der Waals surface area (Å²) in [6, 6.07) is 3.15. The molecular weight excluding hydrogens is 233 g/mol. The first kappa shape index (κ1) is 12.8. The molecule has 1 rings (SSSR count). The molecule has 0 aliphatic heterocycles. The summed E-state index contributed by atoms with van der Waals surface area (Å²) in [6.45, 7) is 1.20. The van der Waals surface area contributed by atoms with Crippen LogP contribution in [0.1, 0.15) is 6.92 Å². The van der Waals surface area contributed by atoms with Crippen molar-refractivity contribution in [1.29, 1.82) is 0 Å². The van der Waals surface area contributed by atoms with Crippen molar-refractivity contribution in [2.45, 2.75) is 13.1 Å². The van der Waals surface area contributed by atoms with Gasteiger partial charge in [0.1, 0.15) is 11.9 Å². The topological polar surface area (TPSA) is 98.3 Å². The van der Waals surface area contributed by atoms with E-state index in [1.807, 2.05) is 0 Å². The third kappa shape index (κ3) is 3.37. The quantitative estimate of drug-likeness (QED) is 0.631. The molecule has 0 heterocycles. The summed E-state index contributed by atoms with van der Waals surface area (Å²) in [7, 11) is 0. The Labute approximate surface area is 95.5 Å². The predicted octanol–water partition coefficient (Wildman–Crippen LogP) is 2.27. The number of rotatable bonds is 5. The summed E-state index contributed by atoms with van der Waals surface area (Å²) < 4.78 is 12.6. The molecule has 0 fully saturated rings. The van der Waals surface area contributed by atoms with Crippen molar-refractivity contribution in [1.82, 2.24) is 0 Å². The molecule has 0 saturated carbocycles. The van der Waals surface area contributed by atoms with Crippen LogP contribution in [-0.2, 0) is 0 Å². The number of nitro groups is 2. The van der Waals surface area contributed by atoms with Gasteiger partial charge in [-0.05, 0) is 13.0 Å². The molecule has 1 aromatic carbocycles. The molecule has 7 nitrogen and oxygen atoms in total. The van der Waals surface area contributed by atoms with E-state index in [4.69, 9.17) is 0 Å². The third-order valence-electron chi connectivity index (χ3n) is 1.96. The van der Waals surface area contributed by atoms with Crippen LogP contribution >= 0.6 is 0 Å². The molecule has 0 aromatic heterocycles. The molecule has 1 N–H and O–H groups in total. The second-order valence-electron chi connectivity index (χ2n) is 3.38. The largest absolute Gasteiger partial charge is 0.377 e. The molecule has 0 radical (unpaired) electrons. The smallest absolute Gasteiger partial charge is 0.299 e. The lowest BCUT2D eigenvalue weighted by atomic mass is 10.2. The Balaban J connectivity index is 3.04. The molecule has 1 atom stereocenters. The lowest BCUT2D eigenvalue weighted by molar-refractivity contribution is -0.393. The van der Waals surface area contributed by atoms with Gasteiger partial charge in [0, 0.05) is 12.6 Å². The van der Waals surface area contributed by atoms with E-state index in [1.54, 1.807) is 0 Å². The number of hydrogen-bond acceptors (Lipinski definition) is 5. The molecule has 0 bridgehead atoms. The van der Waals surface area contributed by atoms with Crippen LogP contribution in [0.15, 0.2) is 18.2 Å². The minimum absolute atomic E-state index is 0.0603. The van der Waals surface area contributed by atoms with E-state index in [-0.39, 0.29) is 17.9 Å². The number of halogens is 1. The SMILES string of the molecule is CC(F)CNc1ccc([N+](=O)[O-])cc1[N+](=O)[O-]. The molecule has 1 unspecified atom stereocenters. The molecule has 0 saturated heterocycles. The van der Waals surface area contributed by atoms with Gasteiger partial charge in [-0.2, -0.15) is 0 Å². The fraction of sp³-hybridized carbons (Fsp3) is 0.333. The molecule has 1 aromatic rings. The molecule has 17 heavy (non-hydrogen) atoms. The van der Waals surface area contributed by atoms with Gasteiger partial charge in [-0.15, -0.1) is 0 Å². The van der Waals surface area contributed by atoms with Gasteiger partial charge in [-0.1, -0.05) is 0 Å². The van der Waals surface area contributed by atoms with Crippen LogP contribution in [-0.4, -0.2) is 22.6 Å². The Morgan fingerprint density at radius 2 is 2.00 bits per heavy atom. The molecule has 0 amide bonds. The van der Waals surface area contributed by atoms with Crippen molar-refractivity contribution in [3.63, 3.8) is 0 Å². The zero-order valence-electron chi connectivity index (χ0n) is 8.92. The summed E-state index contributed by atoms with van der Waals surface area (Å²) in [4.78, 5) is 19.7. The number of anilines is 1.